The number of aromatic nitrogens is 1. The molecular formula is C14H19N3. The predicted molar refractivity (Wildman–Crippen MR) is 68.7 cm³/mol. The van der Waals surface area contributed by atoms with Crippen LogP contribution in [0, 0.1) is 23.2 Å². The molecule has 0 amide bonds. The second-order valence-corrected chi connectivity index (χ2v) is 4.76. The molecule has 0 bridgehead atoms. The number of nitrogens with zero attached hydrogens (tertiary/aromatic N) is 3. The summed E-state index contributed by atoms with van der Waals surface area (Å²) in [4.78, 5) is 6.72. The van der Waals surface area contributed by atoms with Gasteiger partial charge in [0.25, 0.3) is 0 Å². The van der Waals surface area contributed by atoms with E-state index >= 15 is 0 Å². The first-order valence-electron chi connectivity index (χ1n) is 6.39. The zero-order valence-electron chi connectivity index (χ0n) is 10.6. The molecule has 0 aromatic carbocycles. The van der Waals surface area contributed by atoms with Crippen molar-refractivity contribution in [3.8, 4) is 6.07 Å². The van der Waals surface area contributed by atoms with E-state index in [0.717, 1.165) is 30.7 Å². The van der Waals surface area contributed by atoms with Gasteiger partial charge in [0.1, 0.15) is 11.9 Å². The van der Waals surface area contributed by atoms with Crippen LogP contribution in [0.25, 0.3) is 0 Å². The minimum absolute atomic E-state index is 0.632. The van der Waals surface area contributed by atoms with Crippen molar-refractivity contribution in [3.63, 3.8) is 0 Å². The summed E-state index contributed by atoms with van der Waals surface area (Å²) in [5.74, 6) is 2.59. The Bertz CT molecular complexity index is 392. The van der Waals surface area contributed by atoms with Crippen molar-refractivity contribution in [1.82, 2.24) is 4.98 Å². The van der Waals surface area contributed by atoms with Crippen LogP contribution in [0.4, 0.5) is 5.82 Å². The minimum atomic E-state index is 0.632. The summed E-state index contributed by atoms with van der Waals surface area (Å²) in [5.41, 5.74) is 0.632. The maximum Gasteiger partial charge on any atom is 0.128 e. The summed E-state index contributed by atoms with van der Waals surface area (Å²) < 4.78 is 0. The summed E-state index contributed by atoms with van der Waals surface area (Å²) in [5, 5.41) is 8.75. The van der Waals surface area contributed by atoms with E-state index in [9.17, 15) is 0 Å². The zero-order chi connectivity index (χ0) is 12.3. The lowest BCUT2D eigenvalue weighted by atomic mass is 9.92. The van der Waals surface area contributed by atoms with Crippen LogP contribution in [-0.4, -0.2) is 18.1 Å². The Morgan fingerprint density at radius 3 is 2.35 bits per heavy atom. The topological polar surface area (TPSA) is 39.9 Å². The first-order valence-corrected chi connectivity index (χ1v) is 6.39. The first-order chi connectivity index (χ1) is 8.28. The van der Waals surface area contributed by atoms with Crippen LogP contribution in [0.1, 0.15) is 32.3 Å². The Labute approximate surface area is 103 Å². The summed E-state index contributed by atoms with van der Waals surface area (Å²) in [6, 6.07) is 5.92. The van der Waals surface area contributed by atoms with Crippen LogP contribution in [0.3, 0.4) is 0 Å². The molecule has 1 aromatic heterocycles. The van der Waals surface area contributed by atoms with Gasteiger partial charge in [-0.3, -0.25) is 0 Å². The molecule has 3 nitrogen and oxygen atoms in total. The molecule has 3 heteroatoms. The molecular weight excluding hydrogens is 210 g/mol. The molecule has 0 spiro atoms. The molecule has 0 unspecified atom stereocenters. The summed E-state index contributed by atoms with van der Waals surface area (Å²) in [6.45, 7) is 6.74. The van der Waals surface area contributed by atoms with E-state index in [1.165, 1.54) is 12.8 Å². The monoisotopic (exact) mass is 229 g/mol. The number of rotatable bonds is 3. The van der Waals surface area contributed by atoms with Crippen LogP contribution in [0.15, 0.2) is 18.3 Å². The van der Waals surface area contributed by atoms with Gasteiger partial charge in [-0.05, 0) is 24.0 Å². The molecule has 1 fully saturated rings. The SMILES string of the molecule is CC[C@@H]1CN(c2ccc(C#N)cn2)C[C@@H]1CC. The standard InChI is InChI=1S/C14H19N3/c1-3-12-9-17(10-13(12)4-2)14-6-5-11(7-15)8-16-14/h5-6,8,12-13H,3-4,9-10H2,1-2H3/t12-,13+. The Morgan fingerprint density at radius 1 is 1.29 bits per heavy atom. The molecule has 0 N–H and O–H groups in total. The highest BCUT2D eigenvalue weighted by Gasteiger charge is 2.30. The van der Waals surface area contributed by atoms with E-state index in [1.54, 1.807) is 6.20 Å². The van der Waals surface area contributed by atoms with Crippen molar-refractivity contribution in [2.75, 3.05) is 18.0 Å². The quantitative estimate of drug-likeness (QED) is 0.800. The molecule has 1 aliphatic heterocycles. The van der Waals surface area contributed by atoms with E-state index in [-0.39, 0.29) is 0 Å². The fraction of sp³-hybridized carbons (Fsp3) is 0.571. The third-order valence-electron chi connectivity index (χ3n) is 3.83. The average Bonchev–Trinajstić information content (AvgIpc) is 2.82. The second-order valence-electron chi connectivity index (χ2n) is 4.76. The highest BCUT2D eigenvalue weighted by atomic mass is 15.2. The van der Waals surface area contributed by atoms with Gasteiger partial charge in [-0.25, -0.2) is 4.98 Å². The maximum atomic E-state index is 8.75. The first kappa shape index (κ1) is 11.9. The fourth-order valence-electron chi connectivity index (χ4n) is 2.69. The molecule has 0 saturated carbocycles. The lowest BCUT2D eigenvalue weighted by Gasteiger charge is -2.16. The smallest absolute Gasteiger partial charge is 0.128 e. The van der Waals surface area contributed by atoms with E-state index in [1.807, 2.05) is 12.1 Å². The molecule has 1 saturated heterocycles. The zero-order valence-corrected chi connectivity index (χ0v) is 10.6. The second kappa shape index (κ2) is 5.18. The molecule has 2 rings (SSSR count). The van der Waals surface area contributed by atoms with E-state index in [0.29, 0.717) is 5.56 Å². The van der Waals surface area contributed by atoms with Gasteiger partial charge in [-0.2, -0.15) is 5.26 Å². The molecule has 2 heterocycles. The van der Waals surface area contributed by atoms with Crippen molar-refractivity contribution in [3.05, 3.63) is 23.9 Å². The summed E-state index contributed by atoms with van der Waals surface area (Å²) >= 11 is 0. The molecule has 2 atom stereocenters. The lowest BCUT2D eigenvalue weighted by molar-refractivity contribution is 0.397. The Kier molecular flexibility index (Phi) is 3.63. The van der Waals surface area contributed by atoms with Crippen molar-refractivity contribution in [2.24, 2.45) is 11.8 Å². The van der Waals surface area contributed by atoms with Crippen molar-refractivity contribution in [1.29, 1.82) is 5.26 Å². The average molecular weight is 229 g/mol. The highest BCUT2D eigenvalue weighted by molar-refractivity contribution is 5.43. The van der Waals surface area contributed by atoms with E-state index in [4.69, 9.17) is 5.26 Å². The van der Waals surface area contributed by atoms with Crippen molar-refractivity contribution >= 4 is 5.82 Å². The van der Waals surface area contributed by atoms with Crippen LogP contribution in [0.5, 0.6) is 0 Å². The lowest BCUT2D eigenvalue weighted by Crippen LogP contribution is -2.20. The van der Waals surface area contributed by atoms with Crippen molar-refractivity contribution in [2.45, 2.75) is 26.7 Å². The number of anilines is 1. The number of pyridine rings is 1. The van der Waals surface area contributed by atoms with Gasteiger partial charge in [0.2, 0.25) is 0 Å². The molecule has 0 radical (unpaired) electrons. The Hall–Kier alpha value is -1.56. The molecule has 0 aliphatic carbocycles. The van der Waals surface area contributed by atoms with Crippen LogP contribution in [-0.2, 0) is 0 Å². The molecule has 90 valence electrons. The van der Waals surface area contributed by atoms with Gasteiger partial charge in [0.05, 0.1) is 5.56 Å². The van der Waals surface area contributed by atoms with E-state index in [2.05, 4.69) is 29.8 Å². The minimum Gasteiger partial charge on any atom is -0.356 e. The Morgan fingerprint density at radius 2 is 1.94 bits per heavy atom. The van der Waals surface area contributed by atoms with Gasteiger partial charge >= 0.3 is 0 Å². The summed E-state index contributed by atoms with van der Waals surface area (Å²) in [6.07, 6.45) is 4.14. The summed E-state index contributed by atoms with van der Waals surface area (Å²) in [7, 11) is 0. The van der Waals surface area contributed by atoms with Crippen LogP contribution in [0.2, 0.25) is 0 Å². The molecule has 17 heavy (non-hydrogen) atoms. The van der Waals surface area contributed by atoms with Gasteiger partial charge in [0, 0.05) is 19.3 Å². The maximum absolute atomic E-state index is 8.75. The third kappa shape index (κ3) is 2.41. The van der Waals surface area contributed by atoms with Crippen LogP contribution < -0.4 is 4.90 Å². The molecule has 1 aromatic rings. The number of nitriles is 1. The Balaban J connectivity index is 2.11. The fourth-order valence-corrected chi connectivity index (χ4v) is 2.69. The van der Waals surface area contributed by atoms with Crippen molar-refractivity contribution < 1.29 is 0 Å². The normalized spacial score (nSPS) is 23.7. The largest absolute Gasteiger partial charge is 0.356 e. The van der Waals surface area contributed by atoms with Gasteiger partial charge in [0.15, 0.2) is 0 Å². The van der Waals surface area contributed by atoms with Crippen LogP contribution >= 0.6 is 0 Å². The highest BCUT2D eigenvalue weighted by Crippen LogP contribution is 2.31. The van der Waals surface area contributed by atoms with E-state index < -0.39 is 0 Å². The molecule has 1 aliphatic rings. The number of hydrogen-bond acceptors (Lipinski definition) is 3. The van der Waals surface area contributed by atoms with Gasteiger partial charge < -0.3 is 4.90 Å². The van der Waals surface area contributed by atoms with Gasteiger partial charge in [-0.15, -0.1) is 0 Å². The number of hydrogen-bond donors (Lipinski definition) is 0. The predicted octanol–water partition coefficient (Wildman–Crippen LogP) is 2.83. The van der Waals surface area contributed by atoms with Gasteiger partial charge in [-0.1, -0.05) is 26.7 Å². The third-order valence-corrected chi connectivity index (χ3v) is 3.83.